The van der Waals surface area contributed by atoms with Crippen LogP contribution >= 0.6 is 0 Å². The first kappa shape index (κ1) is 12.4. The molecule has 0 bridgehead atoms. The van der Waals surface area contributed by atoms with Crippen LogP contribution in [0.2, 0.25) is 0 Å². The molecule has 0 saturated carbocycles. The quantitative estimate of drug-likeness (QED) is 0.724. The molecule has 88 valence electrons. The Hall–Kier alpha value is -1.62. The SMILES string of the molecule is C=CCC(N)C(=O)NCc1c(C)noc1C. The molecule has 5 nitrogen and oxygen atoms in total. The molecule has 0 aromatic carbocycles. The molecule has 0 fully saturated rings. The summed E-state index contributed by atoms with van der Waals surface area (Å²) < 4.78 is 4.99. The summed E-state index contributed by atoms with van der Waals surface area (Å²) >= 11 is 0. The van der Waals surface area contributed by atoms with Crippen LogP contribution in [0.3, 0.4) is 0 Å². The molecule has 0 radical (unpaired) electrons. The van der Waals surface area contributed by atoms with E-state index >= 15 is 0 Å². The number of carbonyl (C=O) groups is 1. The predicted octanol–water partition coefficient (Wildman–Crippen LogP) is 0.811. The lowest BCUT2D eigenvalue weighted by Gasteiger charge is -2.09. The van der Waals surface area contributed by atoms with Crippen molar-refractivity contribution in [1.29, 1.82) is 0 Å². The third kappa shape index (κ3) is 2.93. The molecule has 16 heavy (non-hydrogen) atoms. The Morgan fingerprint density at radius 1 is 1.69 bits per heavy atom. The maximum atomic E-state index is 11.5. The van der Waals surface area contributed by atoms with Gasteiger partial charge in [0, 0.05) is 12.1 Å². The summed E-state index contributed by atoms with van der Waals surface area (Å²) in [6.45, 7) is 7.58. The van der Waals surface area contributed by atoms with E-state index in [1.807, 2.05) is 13.8 Å². The van der Waals surface area contributed by atoms with E-state index in [2.05, 4.69) is 17.1 Å². The highest BCUT2D eigenvalue weighted by Crippen LogP contribution is 2.11. The number of nitrogens with two attached hydrogens (primary N) is 1. The van der Waals surface area contributed by atoms with E-state index in [9.17, 15) is 4.79 Å². The van der Waals surface area contributed by atoms with Gasteiger partial charge in [-0.05, 0) is 20.3 Å². The fraction of sp³-hybridized carbons (Fsp3) is 0.455. The molecule has 1 aromatic rings. The minimum Gasteiger partial charge on any atom is -0.361 e. The lowest BCUT2D eigenvalue weighted by molar-refractivity contribution is -0.122. The lowest BCUT2D eigenvalue weighted by atomic mass is 10.2. The molecular weight excluding hydrogens is 206 g/mol. The van der Waals surface area contributed by atoms with Crippen LogP contribution in [-0.2, 0) is 11.3 Å². The van der Waals surface area contributed by atoms with E-state index in [-0.39, 0.29) is 5.91 Å². The van der Waals surface area contributed by atoms with E-state index in [4.69, 9.17) is 10.3 Å². The Morgan fingerprint density at radius 3 is 2.88 bits per heavy atom. The minimum atomic E-state index is -0.544. The number of nitrogens with one attached hydrogen (secondary N) is 1. The first-order valence-corrected chi connectivity index (χ1v) is 5.12. The van der Waals surface area contributed by atoms with E-state index in [0.29, 0.717) is 13.0 Å². The van der Waals surface area contributed by atoms with Crippen molar-refractivity contribution >= 4 is 5.91 Å². The minimum absolute atomic E-state index is 0.195. The highest BCUT2D eigenvalue weighted by atomic mass is 16.5. The number of amides is 1. The van der Waals surface area contributed by atoms with Gasteiger partial charge in [-0.25, -0.2) is 0 Å². The zero-order valence-corrected chi connectivity index (χ0v) is 9.62. The second-order valence-corrected chi connectivity index (χ2v) is 3.65. The normalized spacial score (nSPS) is 12.2. The van der Waals surface area contributed by atoms with Gasteiger partial charge in [0.25, 0.3) is 0 Å². The van der Waals surface area contributed by atoms with Crippen molar-refractivity contribution in [3.8, 4) is 0 Å². The number of hydrogen-bond donors (Lipinski definition) is 2. The molecule has 1 amide bonds. The number of rotatable bonds is 5. The summed E-state index contributed by atoms with van der Waals surface area (Å²) in [6.07, 6.45) is 2.09. The first-order chi connectivity index (χ1) is 7.56. The molecule has 1 atom stereocenters. The van der Waals surface area contributed by atoms with Crippen molar-refractivity contribution in [3.05, 3.63) is 29.7 Å². The van der Waals surface area contributed by atoms with Gasteiger partial charge in [-0.15, -0.1) is 6.58 Å². The molecule has 3 N–H and O–H groups in total. The summed E-state index contributed by atoms with van der Waals surface area (Å²) in [5.41, 5.74) is 7.31. The van der Waals surface area contributed by atoms with Crippen LogP contribution in [0.25, 0.3) is 0 Å². The maximum absolute atomic E-state index is 11.5. The van der Waals surface area contributed by atoms with Crippen molar-refractivity contribution in [2.45, 2.75) is 32.9 Å². The van der Waals surface area contributed by atoms with E-state index in [0.717, 1.165) is 17.0 Å². The average molecular weight is 223 g/mol. The molecule has 1 unspecified atom stereocenters. The molecule has 1 rings (SSSR count). The van der Waals surface area contributed by atoms with Crippen LogP contribution < -0.4 is 11.1 Å². The fourth-order valence-electron chi connectivity index (χ4n) is 1.35. The Morgan fingerprint density at radius 2 is 2.38 bits per heavy atom. The van der Waals surface area contributed by atoms with Crippen molar-refractivity contribution < 1.29 is 9.32 Å². The highest BCUT2D eigenvalue weighted by molar-refractivity contribution is 5.81. The van der Waals surface area contributed by atoms with Crippen molar-refractivity contribution in [3.63, 3.8) is 0 Å². The van der Waals surface area contributed by atoms with Crippen LogP contribution in [0.5, 0.6) is 0 Å². The number of nitrogens with zero attached hydrogens (tertiary/aromatic N) is 1. The van der Waals surface area contributed by atoms with Gasteiger partial charge >= 0.3 is 0 Å². The number of carbonyl (C=O) groups excluding carboxylic acids is 1. The van der Waals surface area contributed by atoms with Crippen LogP contribution in [-0.4, -0.2) is 17.1 Å². The third-order valence-electron chi connectivity index (χ3n) is 2.38. The van der Waals surface area contributed by atoms with Crippen molar-refractivity contribution in [2.24, 2.45) is 5.73 Å². The summed E-state index contributed by atoms with van der Waals surface area (Å²) in [5.74, 6) is 0.523. The summed E-state index contributed by atoms with van der Waals surface area (Å²) in [5, 5.41) is 6.54. The lowest BCUT2D eigenvalue weighted by Crippen LogP contribution is -2.39. The van der Waals surface area contributed by atoms with E-state index in [1.54, 1.807) is 6.08 Å². The molecule has 5 heteroatoms. The first-order valence-electron chi connectivity index (χ1n) is 5.12. The van der Waals surface area contributed by atoms with Gasteiger partial charge in [0.1, 0.15) is 5.76 Å². The largest absolute Gasteiger partial charge is 0.361 e. The van der Waals surface area contributed by atoms with Crippen molar-refractivity contribution in [1.82, 2.24) is 10.5 Å². The van der Waals surface area contributed by atoms with Gasteiger partial charge < -0.3 is 15.6 Å². The molecule has 0 aliphatic carbocycles. The maximum Gasteiger partial charge on any atom is 0.237 e. The summed E-state index contributed by atoms with van der Waals surface area (Å²) in [7, 11) is 0. The molecule has 0 spiro atoms. The Labute approximate surface area is 94.7 Å². The second kappa shape index (κ2) is 5.46. The zero-order chi connectivity index (χ0) is 12.1. The Balaban J connectivity index is 2.52. The number of hydrogen-bond acceptors (Lipinski definition) is 4. The van der Waals surface area contributed by atoms with Gasteiger partial charge in [-0.2, -0.15) is 0 Å². The molecule has 1 heterocycles. The van der Waals surface area contributed by atoms with Gasteiger partial charge in [0.05, 0.1) is 11.7 Å². The van der Waals surface area contributed by atoms with Gasteiger partial charge in [0.2, 0.25) is 5.91 Å². The fourth-order valence-corrected chi connectivity index (χ4v) is 1.35. The highest BCUT2D eigenvalue weighted by Gasteiger charge is 2.14. The van der Waals surface area contributed by atoms with Crippen LogP contribution in [0.4, 0.5) is 0 Å². The molecular formula is C11H17N3O2. The molecule has 0 aliphatic rings. The molecule has 1 aromatic heterocycles. The van der Waals surface area contributed by atoms with Gasteiger partial charge in [-0.3, -0.25) is 4.79 Å². The van der Waals surface area contributed by atoms with E-state index < -0.39 is 6.04 Å². The zero-order valence-electron chi connectivity index (χ0n) is 9.62. The van der Waals surface area contributed by atoms with Gasteiger partial charge in [0.15, 0.2) is 0 Å². The average Bonchev–Trinajstić information content (AvgIpc) is 2.56. The smallest absolute Gasteiger partial charge is 0.237 e. The van der Waals surface area contributed by atoms with Crippen molar-refractivity contribution in [2.75, 3.05) is 0 Å². The van der Waals surface area contributed by atoms with Crippen LogP contribution in [0.1, 0.15) is 23.4 Å². The topological polar surface area (TPSA) is 81.2 Å². The Bertz CT molecular complexity index is 365. The molecule has 0 saturated heterocycles. The van der Waals surface area contributed by atoms with E-state index in [1.165, 1.54) is 0 Å². The Kier molecular flexibility index (Phi) is 4.25. The second-order valence-electron chi connectivity index (χ2n) is 3.65. The number of aromatic nitrogens is 1. The van der Waals surface area contributed by atoms with Crippen LogP contribution in [0.15, 0.2) is 17.2 Å². The monoisotopic (exact) mass is 223 g/mol. The summed E-state index contributed by atoms with van der Waals surface area (Å²) in [4.78, 5) is 11.5. The standard InChI is InChI=1S/C11H17N3O2/c1-4-5-10(12)11(15)13-6-9-7(2)14-16-8(9)3/h4,10H,1,5-6,12H2,2-3H3,(H,13,15). The summed E-state index contributed by atoms with van der Waals surface area (Å²) in [6, 6.07) is -0.544. The van der Waals surface area contributed by atoms with Crippen LogP contribution in [0, 0.1) is 13.8 Å². The predicted molar refractivity (Wildman–Crippen MR) is 60.6 cm³/mol. The molecule has 0 aliphatic heterocycles. The van der Waals surface area contributed by atoms with Gasteiger partial charge in [-0.1, -0.05) is 11.2 Å². The number of aryl methyl sites for hydroxylation is 2. The third-order valence-corrected chi connectivity index (χ3v) is 2.38.